The smallest absolute Gasteiger partial charge is 0.472 e. The van der Waals surface area contributed by atoms with Gasteiger partial charge in [0.15, 0.2) is 6.10 Å². The topological polar surface area (TPSA) is 192 Å². The number of hydrogen-bond donors (Lipinski definition) is 4. The van der Waals surface area contributed by atoms with Gasteiger partial charge in [-0.05, 0) is 64.2 Å². The van der Waals surface area contributed by atoms with Crippen LogP contribution >= 0.6 is 7.82 Å². The number of rotatable bonds is 35. The number of carboxylic acids is 1. The third kappa shape index (κ3) is 36.0. The molecule has 0 aromatic heterocycles. The predicted molar refractivity (Wildman–Crippen MR) is 218 cm³/mol. The lowest BCUT2D eigenvalue weighted by Gasteiger charge is -2.20. The second-order valence-electron chi connectivity index (χ2n) is 12.9. The van der Waals surface area contributed by atoms with Crippen molar-refractivity contribution in [3.63, 3.8) is 0 Å². The summed E-state index contributed by atoms with van der Waals surface area (Å²) in [5.74, 6) is -2.55. The molecule has 0 aliphatic carbocycles. The van der Waals surface area contributed by atoms with Gasteiger partial charge in [0, 0.05) is 12.8 Å². The summed E-state index contributed by atoms with van der Waals surface area (Å²) < 4.78 is 32.4. The fourth-order valence-corrected chi connectivity index (χ4v) is 5.34. The maximum Gasteiger partial charge on any atom is 0.472 e. The number of phosphoric acid groups is 1. The highest BCUT2D eigenvalue weighted by Crippen LogP contribution is 2.43. The minimum atomic E-state index is -4.75. The molecule has 0 heterocycles. The number of nitrogens with two attached hydrogens (primary N) is 1. The van der Waals surface area contributed by atoms with Crippen LogP contribution < -0.4 is 5.73 Å². The summed E-state index contributed by atoms with van der Waals surface area (Å²) in [4.78, 5) is 45.7. The zero-order chi connectivity index (χ0) is 40.8. The van der Waals surface area contributed by atoms with Gasteiger partial charge in [0.1, 0.15) is 12.6 Å². The second-order valence-corrected chi connectivity index (χ2v) is 14.3. The van der Waals surface area contributed by atoms with E-state index in [2.05, 4.69) is 42.7 Å². The lowest BCUT2D eigenvalue weighted by atomic mass is 10.1. The van der Waals surface area contributed by atoms with E-state index in [0.29, 0.717) is 25.7 Å². The molecule has 0 fully saturated rings. The van der Waals surface area contributed by atoms with Crippen LogP contribution in [-0.2, 0) is 37.5 Å². The molecule has 2 unspecified atom stereocenters. The lowest BCUT2D eigenvalue weighted by Crippen LogP contribution is -2.34. The fraction of sp³-hybridized carbons (Fsp3) is 0.595. The first-order valence-corrected chi connectivity index (χ1v) is 21.2. The van der Waals surface area contributed by atoms with Gasteiger partial charge in [-0.3, -0.25) is 23.4 Å². The highest BCUT2D eigenvalue weighted by Gasteiger charge is 2.28. The van der Waals surface area contributed by atoms with E-state index in [-0.39, 0.29) is 12.8 Å². The number of allylic oxidation sites excluding steroid dienone is 12. The lowest BCUT2D eigenvalue weighted by molar-refractivity contribution is -0.161. The van der Waals surface area contributed by atoms with E-state index in [1.54, 1.807) is 6.08 Å². The van der Waals surface area contributed by atoms with Crippen molar-refractivity contribution in [1.29, 1.82) is 0 Å². The number of aliphatic carboxylic acids is 1. The molecule has 0 spiro atoms. The number of carbonyl (C=O) groups is 3. The molecule has 0 aromatic rings. The largest absolute Gasteiger partial charge is 0.480 e. The molecule has 12 nitrogen and oxygen atoms in total. The average molecular weight is 794 g/mol. The molecule has 0 aromatic carbocycles. The molecular formula is C42H68NO11P. The van der Waals surface area contributed by atoms with Gasteiger partial charge in [0.05, 0.1) is 19.3 Å². The minimum absolute atomic E-state index is 0.00651. The summed E-state index contributed by atoms with van der Waals surface area (Å²) >= 11 is 0. The van der Waals surface area contributed by atoms with Crippen LogP contribution in [0.5, 0.6) is 0 Å². The fourth-order valence-electron chi connectivity index (χ4n) is 4.57. The number of hydrogen-bond acceptors (Lipinski definition) is 10. The maximum atomic E-state index is 12.6. The molecule has 4 atom stereocenters. The highest BCUT2D eigenvalue weighted by molar-refractivity contribution is 7.47. The third-order valence-electron chi connectivity index (χ3n) is 7.72. The average Bonchev–Trinajstić information content (AvgIpc) is 3.15. The van der Waals surface area contributed by atoms with Gasteiger partial charge in [-0.2, -0.15) is 0 Å². The van der Waals surface area contributed by atoms with Crippen LogP contribution in [0.15, 0.2) is 85.1 Å². The van der Waals surface area contributed by atoms with Gasteiger partial charge in [-0.25, -0.2) is 4.57 Å². The van der Waals surface area contributed by atoms with Crippen LogP contribution in [-0.4, -0.2) is 71.1 Å². The van der Waals surface area contributed by atoms with Gasteiger partial charge in [-0.1, -0.05) is 131 Å². The van der Waals surface area contributed by atoms with E-state index in [1.165, 1.54) is 12.8 Å². The number of carbonyl (C=O) groups excluding carboxylic acids is 2. The Balaban J connectivity index is 4.64. The Labute approximate surface area is 329 Å². The van der Waals surface area contributed by atoms with Crippen LogP contribution in [0.4, 0.5) is 0 Å². The van der Waals surface area contributed by atoms with Crippen LogP contribution in [0.3, 0.4) is 0 Å². The Kier molecular flexibility index (Phi) is 34.0. The standard InChI is InChI=1S/C42H68NO11P/c1-3-5-7-9-11-12-13-17-20-24-28-32-40(45)51-34-38(35-52-55(49,50)53-36-39(43)42(47)48)54-41(46)33-29-25-21-18-15-14-16-19-23-27-31-37(44)30-26-22-10-8-6-4-2/h6,8-9,11,14-15,19,21-23,25-27,31,37-39,44H,3-5,7,10,12-13,16-18,20,24,28-30,32-36,43H2,1-2H3,(H,47,48)(H,49,50)/b8-6-,11-9-,15-14-,23-19-,25-21-,26-22-,31-27+/t37?,38-,39+/m1/s1. The number of esters is 2. The molecular weight excluding hydrogens is 725 g/mol. The second kappa shape index (κ2) is 36.3. The molecule has 13 heteroatoms. The van der Waals surface area contributed by atoms with Crippen LogP contribution in [0.25, 0.3) is 0 Å². The number of ether oxygens (including phenoxy) is 2. The summed E-state index contributed by atoms with van der Waals surface area (Å²) in [6, 6.07) is -1.55. The molecule has 5 N–H and O–H groups in total. The SMILES string of the molecule is CC/C=C\C/C=C\CC(O)/C=C/C=C\C/C=C\C/C=C\CCC(=O)O[C@H](COC(=O)CCCCCCC/C=C\CCCC)COP(=O)(O)OC[C@H](N)C(=O)O. The first-order chi connectivity index (χ1) is 26.5. The molecule has 312 valence electrons. The van der Waals surface area contributed by atoms with E-state index < -0.39 is 63.8 Å². The van der Waals surface area contributed by atoms with Crippen molar-refractivity contribution in [2.45, 2.75) is 141 Å². The van der Waals surface area contributed by atoms with E-state index in [9.17, 15) is 28.9 Å². The number of unbranched alkanes of at least 4 members (excludes halogenated alkanes) is 7. The van der Waals surface area contributed by atoms with Crippen molar-refractivity contribution in [1.82, 2.24) is 0 Å². The Morgan fingerprint density at radius 2 is 1.27 bits per heavy atom. The molecule has 0 saturated heterocycles. The van der Waals surface area contributed by atoms with E-state index in [1.807, 2.05) is 54.7 Å². The number of aliphatic hydroxyl groups excluding tert-OH is 1. The molecule has 0 aliphatic rings. The van der Waals surface area contributed by atoms with E-state index >= 15 is 0 Å². The first kappa shape index (κ1) is 51.6. The van der Waals surface area contributed by atoms with E-state index in [0.717, 1.165) is 57.8 Å². The van der Waals surface area contributed by atoms with Crippen molar-refractivity contribution in [3.8, 4) is 0 Å². The summed E-state index contributed by atoms with van der Waals surface area (Å²) in [7, 11) is -4.75. The highest BCUT2D eigenvalue weighted by atomic mass is 31.2. The van der Waals surface area contributed by atoms with Crippen molar-refractivity contribution >= 4 is 25.7 Å². The summed E-state index contributed by atoms with van der Waals surface area (Å²) in [6.07, 6.45) is 39.9. The molecule has 0 aliphatic heterocycles. The summed E-state index contributed by atoms with van der Waals surface area (Å²) in [6.45, 7) is 2.45. The van der Waals surface area contributed by atoms with Gasteiger partial charge in [0.2, 0.25) is 0 Å². The molecule has 0 amide bonds. The molecule has 0 rings (SSSR count). The first-order valence-electron chi connectivity index (χ1n) is 19.7. The summed E-state index contributed by atoms with van der Waals surface area (Å²) in [5.41, 5.74) is 5.31. The zero-order valence-corrected chi connectivity index (χ0v) is 34.0. The number of phosphoric ester groups is 1. The van der Waals surface area contributed by atoms with Crippen molar-refractivity contribution < 1.29 is 52.6 Å². The van der Waals surface area contributed by atoms with E-state index in [4.69, 9.17) is 24.8 Å². The molecule has 0 bridgehead atoms. The minimum Gasteiger partial charge on any atom is -0.480 e. The van der Waals surface area contributed by atoms with Gasteiger partial charge >= 0.3 is 25.7 Å². The van der Waals surface area contributed by atoms with Gasteiger partial charge in [-0.15, -0.1) is 0 Å². The van der Waals surface area contributed by atoms with Crippen LogP contribution in [0.1, 0.15) is 123 Å². The van der Waals surface area contributed by atoms with Crippen molar-refractivity contribution in [2.75, 3.05) is 19.8 Å². The quantitative estimate of drug-likeness (QED) is 0.0157. The predicted octanol–water partition coefficient (Wildman–Crippen LogP) is 8.91. The Hall–Kier alpha value is -3.38. The number of carboxylic acid groups (broad SMARTS) is 1. The Morgan fingerprint density at radius 3 is 1.98 bits per heavy atom. The number of aliphatic hydroxyl groups is 1. The molecule has 0 saturated carbocycles. The van der Waals surface area contributed by atoms with Gasteiger partial charge in [0.25, 0.3) is 0 Å². The molecule has 0 radical (unpaired) electrons. The maximum absolute atomic E-state index is 12.6. The van der Waals surface area contributed by atoms with Crippen molar-refractivity contribution in [3.05, 3.63) is 85.1 Å². The normalized spacial score (nSPS) is 15.3. The zero-order valence-electron chi connectivity index (χ0n) is 33.1. The van der Waals surface area contributed by atoms with Crippen molar-refractivity contribution in [2.24, 2.45) is 5.73 Å². The van der Waals surface area contributed by atoms with Gasteiger partial charge < -0.3 is 30.3 Å². The Bertz CT molecular complexity index is 1270. The monoisotopic (exact) mass is 793 g/mol. The van der Waals surface area contributed by atoms with Crippen LogP contribution in [0, 0.1) is 0 Å². The molecule has 55 heavy (non-hydrogen) atoms. The summed E-state index contributed by atoms with van der Waals surface area (Å²) in [5, 5.41) is 18.8. The Morgan fingerprint density at radius 1 is 0.673 bits per heavy atom. The van der Waals surface area contributed by atoms with Crippen LogP contribution in [0.2, 0.25) is 0 Å². The third-order valence-corrected chi connectivity index (χ3v) is 8.67.